The maximum absolute atomic E-state index is 11.9. The molecular formula is C15H16N4O4S. The summed E-state index contributed by atoms with van der Waals surface area (Å²) in [5.74, 6) is 1.86. The SMILES string of the molecule is CCS(=O)(=O)c1cccc(Cc2nc(Cc3noc(C)n3)no2)c1. The van der Waals surface area contributed by atoms with Gasteiger partial charge in [0.15, 0.2) is 21.5 Å². The maximum Gasteiger partial charge on any atom is 0.231 e. The average molecular weight is 348 g/mol. The summed E-state index contributed by atoms with van der Waals surface area (Å²) in [5, 5.41) is 7.66. The summed E-state index contributed by atoms with van der Waals surface area (Å²) in [6.07, 6.45) is 0.663. The molecule has 0 radical (unpaired) electrons. The van der Waals surface area contributed by atoms with Crippen LogP contribution in [0.15, 0.2) is 38.2 Å². The zero-order valence-corrected chi connectivity index (χ0v) is 14.1. The van der Waals surface area contributed by atoms with Crippen LogP contribution in [0, 0.1) is 6.92 Å². The molecule has 0 unspecified atom stereocenters. The molecule has 0 spiro atoms. The van der Waals surface area contributed by atoms with E-state index < -0.39 is 9.84 Å². The molecule has 0 bridgehead atoms. The van der Waals surface area contributed by atoms with Crippen molar-refractivity contribution in [3.05, 3.63) is 53.3 Å². The van der Waals surface area contributed by atoms with Gasteiger partial charge in [0.05, 0.1) is 23.5 Å². The lowest BCUT2D eigenvalue weighted by Crippen LogP contribution is -2.04. The molecule has 126 valence electrons. The van der Waals surface area contributed by atoms with Crippen LogP contribution in [0.4, 0.5) is 0 Å². The van der Waals surface area contributed by atoms with Crippen LogP contribution >= 0.6 is 0 Å². The molecule has 0 aliphatic heterocycles. The van der Waals surface area contributed by atoms with E-state index in [1.54, 1.807) is 32.0 Å². The molecule has 0 N–H and O–H groups in total. The predicted molar refractivity (Wildman–Crippen MR) is 83.1 cm³/mol. The molecule has 24 heavy (non-hydrogen) atoms. The molecule has 3 rings (SSSR count). The summed E-state index contributed by atoms with van der Waals surface area (Å²) in [7, 11) is -3.24. The Balaban J connectivity index is 1.74. The molecular weight excluding hydrogens is 332 g/mol. The standard InChI is InChI=1S/C15H16N4O4S/c1-3-24(20,21)12-6-4-5-11(7-12)8-15-17-14(19-23-15)9-13-16-10(2)22-18-13/h4-7H,3,8-9H2,1-2H3. The van der Waals surface area contributed by atoms with E-state index in [1.165, 1.54) is 0 Å². The molecule has 1 aromatic carbocycles. The molecule has 9 heteroatoms. The summed E-state index contributed by atoms with van der Waals surface area (Å²) in [5.41, 5.74) is 0.787. The maximum atomic E-state index is 11.9. The molecule has 0 saturated carbocycles. The highest BCUT2D eigenvalue weighted by molar-refractivity contribution is 7.91. The van der Waals surface area contributed by atoms with Gasteiger partial charge in [0.1, 0.15) is 0 Å². The molecule has 0 aliphatic rings. The van der Waals surface area contributed by atoms with Crippen LogP contribution in [-0.4, -0.2) is 34.5 Å². The van der Waals surface area contributed by atoms with Crippen LogP contribution in [0.1, 0.15) is 35.9 Å². The molecule has 8 nitrogen and oxygen atoms in total. The van der Waals surface area contributed by atoms with Crippen LogP contribution in [0.2, 0.25) is 0 Å². The first-order valence-corrected chi connectivity index (χ1v) is 9.04. The smallest absolute Gasteiger partial charge is 0.231 e. The zero-order valence-electron chi connectivity index (χ0n) is 13.3. The van der Waals surface area contributed by atoms with E-state index in [2.05, 4.69) is 20.3 Å². The van der Waals surface area contributed by atoms with E-state index in [-0.39, 0.29) is 5.75 Å². The molecule has 0 amide bonds. The second-order valence-electron chi connectivity index (χ2n) is 5.24. The topological polar surface area (TPSA) is 112 Å². The number of aryl methyl sites for hydroxylation is 1. The Morgan fingerprint density at radius 3 is 2.50 bits per heavy atom. The third-order valence-corrected chi connectivity index (χ3v) is 5.12. The number of hydrogen-bond acceptors (Lipinski definition) is 8. The Morgan fingerprint density at radius 2 is 1.79 bits per heavy atom. The van der Waals surface area contributed by atoms with Crippen molar-refractivity contribution < 1.29 is 17.5 Å². The first-order chi connectivity index (χ1) is 11.5. The van der Waals surface area contributed by atoms with Crippen LogP contribution in [0.5, 0.6) is 0 Å². The van der Waals surface area contributed by atoms with E-state index in [1.807, 2.05) is 6.07 Å². The van der Waals surface area contributed by atoms with Crippen molar-refractivity contribution in [1.29, 1.82) is 0 Å². The van der Waals surface area contributed by atoms with Gasteiger partial charge in [-0.2, -0.15) is 9.97 Å². The van der Waals surface area contributed by atoms with Gasteiger partial charge < -0.3 is 9.05 Å². The van der Waals surface area contributed by atoms with Gasteiger partial charge in [-0.05, 0) is 17.7 Å². The number of rotatable bonds is 6. The lowest BCUT2D eigenvalue weighted by atomic mass is 10.1. The summed E-state index contributed by atoms with van der Waals surface area (Å²) >= 11 is 0. The van der Waals surface area contributed by atoms with E-state index in [0.717, 1.165) is 5.56 Å². The largest absolute Gasteiger partial charge is 0.340 e. The van der Waals surface area contributed by atoms with E-state index in [0.29, 0.717) is 41.2 Å². The van der Waals surface area contributed by atoms with Crippen LogP contribution in [0.3, 0.4) is 0 Å². The van der Waals surface area contributed by atoms with Gasteiger partial charge in [0, 0.05) is 6.92 Å². The van der Waals surface area contributed by atoms with Crippen LogP contribution in [-0.2, 0) is 22.7 Å². The minimum absolute atomic E-state index is 0.0608. The highest BCUT2D eigenvalue weighted by atomic mass is 32.2. The Labute approximate surface area is 138 Å². The van der Waals surface area contributed by atoms with E-state index >= 15 is 0 Å². The molecule has 0 atom stereocenters. The predicted octanol–water partition coefficient (Wildman–Crippen LogP) is 1.74. The Bertz CT molecular complexity index is 946. The van der Waals surface area contributed by atoms with Gasteiger partial charge in [-0.1, -0.05) is 29.4 Å². The third kappa shape index (κ3) is 3.67. The summed E-state index contributed by atoms with van der Waals surface area (Å²) in [6.45, 7) is 3.32. The van der Waals surface area contributed by atoms with E-state index in [4.69, 9.17) is 9.05 Å². The second-order valence-corrected chi connectivity index (χ2v) is 7.52. The van der Waals surface area contributed by atoms with Crippen molar-refractivity contribution in [2.45, 2.75) is 31.6 Å². The fourth-order valence-electron chi connectivity index (χ4n) is 2.18. The summed E-state index contributed by atoms with van der Waals surface area (Å²) in [4.78, 5) is 8.65. The van der Waals surface area contributed by atoms with Crippen molar-refractivity contribution in [2.75, 3.05) is 5.75 Å². The van der Waals surface area contributed by atoms with Gasteiger partial charge in [-0.15, -0.1) is 0 Å². The zero-order chi connectivity index (χ0) is 17.2. The summed E-state index contributed by atoms with van der Waals surface area (Å²) in [6, 6.07) is 6.74. The first kappa shape index (κ1) is 16.3. The van der Waals surface area contributed by atoms with Gasteiger partial charge >= 0.3 is 0 Å². The number of nitrogens with zero attached hydrogens (tertiary/aromatic N) is 4. The van der Waals surface area contributed by atoms with Crippen LogP contribution in [0.25, 0.3) is 0 Å². The van der Waals surface area contributed by atoms with Crippen molar-refractivity contribution in [3.8, 4) is 0 Å². The average Bonchev–Trinajstić information content (AvgIpc) is 3.17. The van der Waals surface area contributed by atoms with Gasteiger partial charge in [0.2, 0.25) is 11.8 Å². The van der Waals surface area contributed by atoms with Gasteiger partial charge in [0.25, 0.3) is 0 Å². The summed E-state index contributed by atoms with van der Waals surface area (Å²) < 4.78 is 34.0. The van der Waals surface area contributed by atoms with Crippen molar-refractivity contribution in [3.63, 3.8) is 0 Å². The van der Waals surface area contributed by atoms with Crippen LogP contribution < -0.4 is 0 Å². The van der Waals surface area contributed by atoms with Crippen molar-refractivity contribution in [1.82, 2.24) is 20.3 Å². The van der Waals surface area contributed by atoms with Gasteiger partial charge in [-0.25, -0.2) is 8.42 Å². The van der Waals surface area contributed by atoms with Crippen molar-refractivity contribution >= 4 is 9.84 Å². The molecule has 2 heterocycles. The lowest BCUT2D eigenvalue weighted by molar-refractivity contribution is 0.377. The minimum atomic E-state index is -3.24. The fourth-order valence-corrected chi connectivity index (χ4v) is 3.13. The molecule has 2 aromatic heterocycles. The van der Waals surface area contributed by atoms with Gasteiger partial charge in [-0.3, -0.25) is 0 Å². The third-order valence-electron chi connectivity index (χ3n) is 3.39. The lowest BCUT2D eigenvalue weighted by Gasteiger charge is -2.03. The highest BCUT2D eigenvalue weighted by Crippen LogP contribution is 2.16. The Hall–Kier alpha value is -2.55. The normalized spacial score (nSPS) is 11.8. The monoisotopic (exact) mass is 348 g/mol. The Morgan fingerprint density at radius 1 is 1.04 bits per heavy atom. The first-order valence-electron chi connectivity index (χ1n) is 7.38. The Kier molecular flexibility index (Phi) is 4.43. The molecule has 0 saturated heterocycles. The number of benzene rings is 1. The number of aromatic nitrogens is 4. The second kappa shape index (κ2) is 6.52. The number of hydrogen-bond donors (Lipinski definition) is 0. The minimum Gasteiger partial charge on any atom is -0.340 e. The quantitative estimate of drug-likeness (QED) is 0.662. The number of sulfone groups is 1. The molecule has 0 fully saturated rings. The molecule has 3 aromatic rings. The fraction of sp³-hybridized carbons (Fsp3) is 0.333. The van der Waals surface area contributed by atoms with E-state index in [9.17, 15) is 8.42 Å². The van der Waals surface area contributed by atoms with Crippen molar-refractivity contribution in [2.24, 2.45) is 0 Å². The highest BCUT2D eigenvalue weighted by Gasteiger charge is 2.14. The molecule has 0 aliphatic carbocycles.